The summed E-state index contributed by atoms with van der Waals surface area (Å²) < 4.78 is 11.0. The van der Waals surface area contributed by atoms with Crippen molar-refractivity contribution in [1.29, 1.82) is 0 Å². The summed E-state index contributed by atoms with van der Waals surface area (Å²) in [6, 6.07) is 18.5. The molecule has 0 bridgehead atoms. The molecule has 0 unspecified atom stereocenters. The molecule has 0 radical (unpaired) electrons. The fourth-order valence-corrected chi connectivity index (χ4v) is 2.34. The van der Waals surface area contributed by atoms with Gasteiger partial charge in [0, 0.05) is 17.2 Å². The molecule has 27 heavy (non-hydrogen) atoms. The molecule has 2 amide bonds. The van der Waals surface area contributed by atoms with Crippen LogP contribution in [0.1, 0.15) is 32.1 Å². The maximum Gasteiger partial charge on any atom is 0.324 e. The highest BCUT2D eigenvalue weighted by Crippen LogP contribution is 2.24. The van der Waals surface area contributed by atoms with Crippen LogP contribution in [-0.2, 0) is 12.0 Å². The van der Waals surface area contributed by atoms with Crippen LogP contribution in [0.3, 0.4) is 0 Å². The van der Waals surface area contributed by atoms with Crippen molar-refractivity contribution in [1.82, 2.24) is 5.16 Å². The lowest BCUT2D eigenvalue weighted by Crippen LogP contribution is -2.19. The maximum atomic E-state index is 12.1. The number of hydrogen-bond acceptors (Lipinski definition) is 4. The normalized spacial score (nSPS) is 11.1. The van der Waals surface area contributed by atoms with E-state index in [1.807, 2.05) is 63.2 Å². The van der Waals surface area contributed by atoms with Gasteiger partial charge in [-0.2, -0.15) is 0 Å². The van der Waals surface area contributed by atoms with Crippen LogP contribution in [0.15, 0.2) is 65.2 Å². The lowest BCUT2D eigenvalue weighted by atomic mass is 9.93. The van der Waals surface area contributed by atoms with E-state index in [4.69, 9.17) is 9.26 Å². The highest BCUT2D eigenvalue weighted by atomic mass is 16.5. The Balaban J connectivity index is 1.51. The Bertz CT molecular complexity index is 881. The molecule has 0 saturated heterocycles. The maximum absolute atomic E-state index is 12.1. The van der Waals surface area contributed by atoms with Crippen LogP contribution in [0.5, 0.6) is 5.75 Å². The Kier molecular flexibility index (Phi) is 5.45. The van der Waals surface area contributed by atoms with Crippen LogP contribution in [0.25, 0.3) is 0 Å². The minimum atomic E-state index is -0.387. The van der Waals surface area contributed by atoms with Crippen LogP contribution in [0.2, 0.25) is 0 Å². The minimum absolute atomic E-state index is 0.168. The van der Waals surface area contributed by atoms with Crippen LogP contribution >= 0.6 is 0 Å². The number of carbonyl (C=O) groups is 1. The van der Waals surface area contributed by atoms with E-state index in [0.29, 0.717) is 23.9 Å². The number of anilines is 2. The number of urea groups is 1. The van der Waals surface area contributed by atoms with E-state index < -0.39 is 0 Å². The fourth-order valence-electron chi connectivity index (χ4n) is 2.34. The van der Waals surface area contributed by atoms with Crippen LogP contribution < -0.4 is 15.4 Å². The van der Waals surface area contributed by atoms with E-state index >= 15 is 0 Å². The topological polar surface area (TPSA) is 76.4 Å². The fraction of sp³-hybridized carbons (Fsp3) is 0.238. The number of hydrogen-bond donors (Lipinski definition) is 2. The average molecular weight is 365 g/mol. The molecule has 2 N–H and O–H groups in total. The zero-order valence-electron chi connectivity index (χ0n) is 15.7. The van der Waals surface area contributed by atoms with Crippen LogP contribution in [-0.4, -0.2) is 11.2 Å². The largest absolute Gasteiger partial charge is 0.489 e. The summed E-state index contributed by atoms with van der Waals surface area (Å²) in [7, 11) is 0. The third kappa shape index (κ3) is 5.34. The molecule has 1 heterocycles. The van der Waals surface area contributed by atoms with E-state index in [9.17, 15) is 4.79 Å². The van der Waals surface area contributed by atoms with Gasteiger partial charge >= 0.3 is 6.03 Å². The molecule has 6 heteroatoms. The zero-order chi connectivity index (χ0) is 19.3. The van der Waals surface area contributed by atoms with Gasteiger partial charge in [0.25, 0.3) is 0 Å². The van der Waals surface area contributed by atoms with Crippen molar-refractivity contribution in [3.63, 3.8) is 0 Å². The second-order valence-corrected chi connectivity index (χ2v) is 7.20. The van der Waals surface area contributed by atoms with Gasteiger partial charge in [0.15, 0.2) is 5.82 Å². The molecule has 6 nitrogen and oxygen atoms in total. The zero-order valence-corrected chi connectivity index (χ0v) is 15.7. The van der Waals surface area contributed by atoms with Gasteiger partial charge in [0.05, 0.1) is 0 Å². The Morgan fingerprint density at radius 1 is 1.04 bits per heavy atom. The number of aromatic nitrogens is 1. The van der Waals surface area contributed by atoms with E-state index in [1.165, 1.54) is 0 Å². The molecule has 0 fully saturated rings. The van der Waals surface area contributed by atoms with E-state index in [0.717, 1.165) is 11.3 Å². The predicted octanol–water partition coefficient (Wildman–Crippen LogP) is 5.20. The van der Waals surface area contributed by atoms with E-state index in [1.54, 1.807) is 18.2 Å². The monoisotopic (exact) mass is 365 g/mol. The summed E-state index contributed by atoms with van der Waals surface area (Å²) in [4.78, 5) is 12.1. The number of ether oxygens (including phenoxy) is 1. The third-order valence-electron chi connectivity index (χ3n) is 3.85. The summed E-state index contributed by atoms with van der Waals surface area (Å²) in [5.74, 6) is 1.81. The van der Waals surface area contributed by atoms with Gasteiger partial charge in [-0.05, 0) is 29.8 Å². The highest BCUT2D eigenvalue weighted by Gasteiger charge is 2.20. The first kappa shape index (κ1) is 18.5. The van der Waals surface area contributed by atoms with Gasteiger partial charge in [0.1, 0.15) is 18.1 Å². The summed E-state index contributed by atoms with van der Waals surface area (Å²) in [6.07, 6.45) is 0. The first-order valence-corrected chi connectivity index (χ1v) is 8.72. The molecule has 2 aromatic carbocycles. The van der Waals surface area contributed by atoms with Crippen molar-refractivity contribution in [2.45, 2.75) is 32.8 Å². The molecule has 0 aliphatic rings. The smallest absolute Gasteiger partial charge is 0.324 e. The van der Waals surface area contributed by atoms with Gasteiger partial charge in [-0.15, -0.1) is 0 Å². The van der Waals surface area contributed by atoms with Gasteiger partial charge in [-0.3, -0.25) is 5.32 Å². The van der Waals surface area contributed by atoms with Crippen molar-refractivity contribution in [2.24, 2.45) is 0 Å². The van der Waals surface area contributed by atoms with E-state index in [2.05, 4.69) is 15.8 Å². The lowest BCUT2D eigenvalue weighted by molar-refractivity contribution is 0.262. The molecule has 0 spiro atoms. The average Bonchev–Trinajstić information content (AvgIpc) is 3.11. The molecule has 3 aromatic rings. The second kappa shape index (κ2) is 7.95. The van der Waals surface area contributed by atoms with Crippen molar-refractivity contribution in [3.05, 3.63) is 72.0 Å². The number of rotatable bonds is 5. The van der Waals surface area contributed by atoms with Gasteiger partial charge in [-0.1, -0.05) is 56.3 Å². The Morgan fingerprint density at radius 2 is 1.74 bits per heavy atom. The first-order chi connectivity index (χ1) is 12.9. The molecule has 1 aromatic heterocycles. The molecular formula is C21H23N3O3. The predicted molar refractivity (Wildman–Crippen MR) is 105 cm³/mol. The van der Waals surface area contributed by atoms with Crippen molar-refractivity contribution in [3.8, 4) is 5.75 Å². The molecule has 140 valence electrons. The Hall–Kier alpha value is -3.28. The number of nitrogens with one attached hydrogen (secondary N) is 2. The third-order valence-corrected chi connectivity index (χ3v) is 3.85. The minimum Gasteiger partial charge on any atom is -0.489 e. The quantitative estimate of drug-likeness (QED) is 0.652. The van der Waals surface area contributed by atoms with E-state index in [-0.39, 0.29) is 11.4 Å². The standard InChI is InChI=1S/C21H23N3O3/c1-21(2,3)18-13-19(24-27-18)23-20(25)22-16-9-11-17(12-10-16)26-14-15-7-5-4-6-8-15/h4-13H,14H2,1-3H3,(H2,22,23,24,25). The number of carbonyl (C=O) groups excluding carboxylic acids is 1. The van der Waals surface area contributed by atoms with Crippen molar-refractivity contribution < 1.29 is 14.1 Å². The number of benzene rings is 2. The van der Waals surface area contributed by atoms with Crippen LogP contribution in [0, 0.1) is 0 Å². The summed E-state index contributed by atoms with van der Waals surface area (Å²) in [5, 5.41) is 9.27. The van der Waals surface area contributed by atoms with Gasteiger partial charge < -0.3 is 14.6 Å². The number of nitrogens with zero attached hydrogens (tertiary/aromatic N) is 1. The van der Waals surface area contributed by atoms with Crippen molar-refractivity contribution >= 4 is 17.5 Å². The first-order valence-electron chi connectivity index (χ1n) is 8.72. The van der Waals surface area contributed by atoms with Crippen LogP contribution in [0.4, 0.5) is 16.3 Å². The molecule has 0 saturated carbocycles. The lowest BCUT2D eigenvalue weighted by Gasteiger charge is -2.12. The SMILES string of the molecule is CC(C)(C)c1cc(NC(=O)Nc2ccc(OCc3ccccc3)cc2)no1. The van der Waals surface area contributed by atoms with Gasteiger partial charge in [0.2, 0.25) is 0 Å². The highest BCUT2D eigenvalue weighted by molar-refractivity contribution is 5.99. The molecule has 0 atom stereocenters. The summed E-state index contributed by atoms with van der Waals surface area (Å²) >= 11 is 0. The van der Waals surface area contributed by atoms with Crippen molar-refractivity contribution in [2.75, 3.05) is 10.6 Å². The Labute approximate surface area is 158 Å². The molecule has 0 aliphatic heterocycles. The van der Waals surface area contributed by atoms with Gasteiger partial charge in [-0.25, -0.2) is 4.79 Å². The second-order valence-electron chi connectivity index (χ2n) is 7.20. The summed E-state index contributed by atoms with van der Waals surface area (Å²) in [6.45, 7) is 6.53. The number of amides is 2. The summed E-state index contributed by atoms with van der Waals surface area (Å²) in [5.41, 5.74) is 1.58. The Morgan fingerprint density at radius 3 is 2.37 bits per heavy atom. The molecule has 0 aliphatic carbocycles. The molecular weight excluding hydrogens is 342 g/mol. The molecule has 3 rings (SSSR count).